The molecule has 1 saturated heterocycles. The van der Waals surface area contributed by atoms with Crippen LogP contribution in [-0.4, -0.2) is 41.1 Å². The summed E-state index contributed by atoms with van der Waals surface area (Å²) in [7, 11) is 1.24. The highest BCUT2D eigenvalue weighted by Crippen LogP contribution is 2.35. The third-order valence-electron chi connectivity index (χ3n) is 4.29. The van der Waals surface area contributed by atoms with Gasteiger partial charge in [-0.25, -0.2) is 4.79 Å². The van der Waals surface area contributed by atoms with E-state index in [1.165, 1.54) is 35.9 Å². The molecule has 2 rings (SSSR count). The van der Waals surface area contributed by atoms with Crippen LogP contribution in [0.15, 0.2) is 24.3 Å². The zero-order chi connectivity index (χ0) is 19.3. The number of carbonyl (C=O) groups is 2. The molecule has 1 aliphatic heterocycles. The lowest BCUT2D eigenvalue weighted by atomic mass is 10.1. The quantitative estimate of drug-likeness (QED) is 0.536. The van der Waals surface area contributed by atoms with Crippen molar-refractivity contribution in [3.05, 3.63) is 35.4 Å². The SMILES string of the molecule is CCCCCC1SCC(C(=O)OC)N1C(=O)c1cccc(C(F)(F)F)c1. The first-order valence-electron chi connectivity index (χ1n) is 8.49. The van der Waals surface area contributed by atoms with Gasteiger partial charge in [0.2, 0.25) is 0 Å². The van der Waals surface area contributed by atoms with Gasteiger partial charge in [0.15, 0.2) is 0 Å². The summed E-state index contributed by atoms with van der Waals surface area (Å²) in [6, 6.07) is 3.53. The van der Waals surface area contributed by atoms with E-state index in [1.807, 2.05) is 0 Å². The molecule has 0 N–H and O–H groups in total. The lowest BCUT2D eigenvalue weighted by molar-refractivity contribution is -0.145. The number of carbonyl (C=O) groups excluding carboxylic acids is 2. The fourth-order valence-electron chi connectivity index (χ4n) is 2.92. The van der Waals surface area contributed by atoms with Crippen LogP contribution in [0.5, 0.6) is 0 Å². The number of ether oxygens (including phenoxy) is 1. The standard InChI is InChI=1S/C18H22F3NO3S/c1-3-4-5-9-15-22(14(11-26-15)17(24)25-2)16(23)12-7-6-8-13(10-12)18(19,20)21/h6-8,10,14-15H,3-5,9,11H2,1-2H3. The van der Waals surface area contributed by atoms with E-state index in [1.54, 1.807) is 0 Å². The Labute approximate surface area is 155 Å². The van der Waals surface area contributed by atoms with Gasteiger partial charge in [-0.3, -0.25) is 4.79 Å². The van der Waals surface area contributed by atoms with Gasteiger partial charge in [0.1, 0.15) is 6.04 Å². The molecule has 8 heteroatoms. The highest BCUT2D eigenvalue weighted by molar-refractivity contribution is 8.00. The van der Waals surface area contributed by atoms with E-state index in [-0.39, 0.29) is 10.9 Å². The predicted molar refractivity (Wildman–Crippen MR) is 93.8 cm³/mol. The summed E-state index contributed by atoms with van der Waals surface area (Å²) in [5.41, 5.74) is -0.955. The highest BCUT2D eigenvalue weighted by atomic mass is 32.2. The number of unbranched alkanes of at least 4 members (excludes halogenated alkanes) is 2. The van der Waals surface area contributed by atoms with Gasteiger partial charge in [-0.15, -0.1) is 11.8 Å². The van der Waals surface area contributed by atoms with E-state index < -0.39 is 29.7 Å². The maximum atomic E-state index is 12.9. The molecule has 1 aromatic carbocycles. The first-order valence-corrected chi connectivity index (χ1v) is 9.53. The number of alkyl halides is 3. The minimum atomic E-state index is -4.53. The monoisotopic (exact) mass is 389 g/mol. The van der Waals surface area contributed by atoms with Gasteiger partial charge in [-0.1, -0.05) is 32.3 Å². The van der Waals surface area contributed by atoms with Crippen LogP contribution in [0, 0.1) is 0 Å². The number of halogens is 3. The number of esters is 1. The maximum Gasteiger partial charge on any atom is 0.416 e. The van der Waals surface area contributed by atoms with Crippen LogP contribution in [0.4, 0.5) is 13.2 Å². The molecular weight excluding hydrogens is 367 g/mol. The van der Waals surface area contributed by atoms with E-state index in [0.717, 1.165) is 31.4 Å². The summed E-state index contributed by atoms with van der Waals surface area (Å²) >= 11 is 1.47. The van der Waals surface area contributed by atoms with Gasteiger partial charge in [-0.2, -0.15) is 13.2 Å². The van der Waals surface area contributed by atoms with E-state index in [4.69, 9.17) is 4.74 Å². The van der Waals surface area contributed by atoms with Crippen LogP contribution in [0.3, 0.4) is 0 Å². The van der Waals surface area contributed by atoms with Crippen LogP contribution >= 0.6 is 11.8 Å². The van der Waals surface area contributed by atoms with Crippen LogP contribution in [0.25, 0.3) is 0 Å². The molecule has 0 bridgehead atoms. The fraction of sp³-hybridized carbons (Fsp3) is 0.556. The first kappa shape index (κ1) is 20.6. The number of rotatable bonds is 6. The Morgan fingerprint density at radius 1 is 1.31 bits per heavy atom. The van der Waals surface area contributed by atoms with Crippen molar-refractivity contribution in [1.82, 2.24) is 4.90 Å². The molecular formula is C18H22F3NO3S. The minimum absolute atomic E-state index is 0.0725. The second-order valence-corrected chi connectivity index (χ2v) is 7.32. The lowest BCUT2D eigenvalue weighted by Crippen LogP contribution is -2.46. The number of methoxy groups -OCH3 is 1. The number of nitrogens with zero attached hydrogens (tertiary/aromatic N) is 1. The van der Waals surface area contributed by atoms with Crippen molar-refractivity contribution in [2.24, 2.45) is 0 Å². The maximum absolute atomic E-state index is 12.9. The number of hydrogen-bond donors (Lipinski definition) is 0. The van der Waals surface area contributed by atoms with E-state index in [0.29, 0.717) is 12.2 Å². The Balaban J connectivity index is 2.29. The summed E-state index contributed by atoms with van der Waals surface area (Å²) in [5.74, 6) is -0.734. The number of benzene rings is 1. The Bertz CT molecular complexity index is 651. The Kier molecular flexibility index (Phi) is 6.97. The summed E-state index contributed by atoms with van der Waals surface area (Å²) in [6.45, 7) is 2.06. The third kappa shape index (κ3) is 4.72. The van der Waals surface area contributed by atoms with Gasteiger partial charge in [-0.05, 0) is 24.6 Å². The van der Waals surface area contributed by atoms with E-state index in [2.05, 4.69) is 6.92 Å². The number of amides is 1. The van der Waals surface area contributed by atoms with Crippen molar-refractivity contribution >= 4 is 23.6 Å². The van der Waals surface area contributed by atoms with Crippen molar-refractivity contribution in [3.63, 3.8) is 0 Å². The van der Waals surface area contributed by atoms with Crippen LogP contribution < -0.4 is 0 Å². The smallest absolute Gasteiger partial charge is 0.416 e. The molecule has 1 fully saturated rings. The van der Waals surface area contributed by atoms with Gasteiger partial charge >= 0.3 is 12.1 Å². The molecule has 2 atom stereocenters. The summed E-state index contributed by atoms with van der Waals surface area (Å²) in [6.07, 6.45) is -0.950. The zero-order valence-electron chi connectivity index (χ0n) is 14.7. The van der Waals surface area contributed by atoms with Crippen molar-refractivity contribution in [2.75, 3.05) is 12.9 Å². The highest BCUT2D eigenvalue weighted by Gasteiger charge is 2.42. The normalized spacial score (nSPS) is 20.3. The lowest BCUT2D eigenvalue weighted by Gasteiger charge is -2.28. The second kappa shape index (κ2) is 8.79. The Morgan fingerprint density at radius 2 is 2.04 bits per heavy atom. The average Bonchev–Trinajstić information content (AvgIpc) is 3.04. The molecule has 1 aliphatic rings. The molecule has 4 nitrogen and oxygen atoms in total. The van der Waals surface area contributed by atoms with E-state index >= 15 is 0 Å². The molecule has 0 aromatic heterocycles. The third-order valence-corrected chi connectivity index (χ3v) is 5.65. The van der Waals surface area contributed by atoms with Gasteiger partial charge in [0.25, 0.3) is 5.91 Å². The Hall–Kier alpha value is -1.70. The summed E-state index contributed by atoms with van der Waals surface area (Å²) in [4.78, 5) is 26.4. The molecule has 0 spiro atoms. The molecule has 0 aliphatic carbocycles. The second-order valence-electron chi connectivity index (χ2n) is 6.11. The number of thioether (sulfide) groups is 1. The van der Waals surface area contributed by atoms with Crippen LogP contribution in [-0.2, 0) is 15.7 Å². The topological polar surface area (TPSA) is 46.6 Å². The Morgan fingerprint density at radius 3 is 2.65 bits per heavy atom. The van der Waals surface area contributed by atoms with Gasteiger partial charge in [0, 0.05) is 11.3 Å². The predicted octanol–water partition coefficient (Wildman–Crippen LogP) is 4.34. The molecule has 0 saturated carbocycles. The van der Waals surface area contributed by atoms with Crippen molar-refractivity contribution < 1.29 is 27.5 Å². The molecule has 0 radical (unpaired) electrons. The minimum Gasteiger partial charge on any atom is -0.467 e. The average molecular weight is 389 g/mol. The largest absolute Gasteiger partial charge is 0.467 e. The molecule has 1 heterocycles. The van der Waals surface area contributed by atoms with Crippen molar-refractivity contribution in [2.45, 2.75) is 50.2 Å². The summed E-state index contributed by atoms with van der Waals surface area (Å²) < 4.78 is 43.6. The molecule has 2 unspecified atom stereocenters. The van der Waals surface area contributed by atoms with Gasteiger partial charge in [0.05, 0.1) is 18.0 Å². The molecule has 1 aromatic rings. The van der Waals surface area contributed by atoms with E-state index in [9.17, 15) is 22.8 Å². The molecule has 26 heavy (non-hydrogen) atoms. The van der Waals surface area contributed by atoms with Gasteiger partial charge < -0.3 is 9.64 Å². The zero-order valence-corrected chi connectivity index (χ0v) is 15.5. The first-order chi connectivity index (χ1) is 12.3. The van der Waals surface area contributed by atoms with Crippen LogP contribution in [0.1, 0.15) is 48.5 Å². The molecule has 1 amide bonds. The summed E-state index contributed by atoms with van der Waals surface area (Å²) in [5, 5.41) is -0.243. The van der Waals surface area contributed by atoms with Crippen molar-refractivity contribution in [1.29, 1.82) is 0 Å². The number of hydrogen-bond acceptors (Lipinski definition) is 4. The molecule has 144 valence electrons. The fourth-order valence-corrected chi connectivity index (χ4v) is 4.36. The van der Waals surface area contributed by atoms with Crippen molar-refractivity contribution in [3.8, 4) is 0 Å². The van der Waals surface area contributed by atoms with Crippen LogP contribution in [0.2, 0.25) is 0 Å².